The molecule has 0 bridgehead atoms. The van der Waals surface area contributed by atoms with Crippen LogP contribution < -0.4 is 10.1 Å². The molecule has 0 saturated carbocycles. The van der Waals surface area contributed by atoms with E-state index in [0.29, 0.717) is 6.61 Å². The van der Waals surface area contributed by atoms with Crippen LogP contribution in [0.2, 0.25) is 0 Å². The van der Waals surface area contributed by atoms with E-state index in [4.69, 9.17) is 4.74 Å². The summed E-state index contributed by atoms with van der Waals surface area (Å²) >= 11 is 0. The lowest BCUT2D eigenvalue weighted by molar-refractivity contribution is -0.111. The molecule has 114 valence electrons. The highest BCUT2D eigenvalue weighted by Crippen LogP contribution is 2.20. The van der Waals surface area contributed by atoms with E-state index < -0.39 is 0 Å². The lowest BCUT2D eigenvalue weighted by Gasteiger charge is -2.09. The van der Waals surface area contributed by atoms with Gasteiger partial charge in [-0.3, -0.25) is 4.79 Å². The number of ether oxygens (including phenoxy) is 1. The molecule has 3 nitrogen and oxygen atoms in total. The molecule has 0 saturated heterocycles. The highest BCUT2D eigenvalue weighted by atomic mass is 16.5. The molecule has 3 heteroatoms. The topological polar surface area (TPSA) is 38.3 Å². The maximum Gasteiger partial charge on any atom is 0.248 e. The van der Waals surface area contributed by atoms with E-state index in [0.717, 1.165) is 28.1 Å². The number of carbonyl (C=O) groups is 1. The lowest BCUT2D eigenvalue weighted by atomic mass is 10.1. The molecule has 0 aliphatic rings. The molecule has 0 aliphatic carbocycles. The van der Waals surface area contributed by atoms with Gasteiger partial charge < -0.3 is 10.1 Å². The van der Waals surface area contributed by atoms with Gasteiger partial charge in [-0.1, -0.05) is 30.3 Å². The van der Waals surface area contributed by atoms with Crippen molar-refractivity contribution in [3.05, 3.63) is 65.2 Å². The summed E-state index contributed by atoms with van der Waals surface area (Å²) in [6.45, 7) is 6.56. The van der Waals surface area contributed by atoms with Crippen LogP contribution in [0, 0.1) is 13.8 Å². The van der Waals surface area contributed by atoms with Crippen molar-refractivity contribution < 1.29 is 9.53 Å². The summed E-state index contributed by atoms with van der Waals surface area (Å²) in [6, 6.07) is 13.5. The monoisotopic (exact) mass is 295 g/mol. The van der Waals surface area contributed by atoms with Crippen molar-refractivity contribution in [1.82, 2.24) is 0 Å². The number of hydrogen-bond donors (Lipinski definition) is 1. The van der Waals surface area contributed by atoms with Crippen LogP contribution in [0.25, 0.3) is 6.08 Å². The third-order valence-corrected chi connectivity index (χ3v) is 3.50. The second-order valence-electron chi connectivity index (χ2n) is 5.04. The van der Waals surface area contributed by atoms with Gasteiger partial charge in [-0.2, -0.15) is 0 Å². The van der Waals surface area contributed by atoms with Gasteiger partial charge in [-0.05, 0) is 50.1 Å². The van der Waals surface area contributed by atoms with Crippen LogP contribution >= 0.6 is 0 Å². The van der Waals surface area contributed by atoms with Crippen molar-refractivity contribution in [2.45, 2.75) is 20.8 Å². The third kappa shape index (κ3) is 3.98. The number of anilines is 1. The van der Waals surface area contributed by atoms with Crippen molar-refractivity contribution in [2.75, 3.05) is 11.9 Å². The number of para-hydroxylation sites is 1. The van der Waals surface area contributed by atoms with Gasteiger partial charge in [0, 0.05) is 17.3 Å². The Kier molecular flexibility index (Phi) is 5.37. The minimum atomic E-state index is -0.153. The lowest BCUT2D eigenvalue weighted by Crippen LogP contribution is -2.09. The fourth-order valence-corrected chi connectivity index (χ4v) is 2.13. The molecule has 0 radical (unpaired) electrons. The smallest absolute Gasteiger partial charge is 0.248 e. The number of benzene rings is 2. The van der Waals surface area contributed by atoms with Gasteiger partial charge >= 0.3 is 0 Å². The summed E-state index contributed by atoms with van der Waals surface area (Å²) in [4.78, 5) is 12.1. The Hall–Kier alpha value is -2.55. The Bertz CT molecular complexity index is 690. The van der Waals surface area contributed by atoms with E-state index >= 15 is 0 Å². The van der Waals surface area contributed by atoms with E-state index in [2.05, 4.69) is 5.32 Å². The van der Waals surface area contributed by atoms with Gasteiger partial charge in [-0.25, -0.2) is 0 Å². The predicted octanol–water partition coefficient (Wildman–Crippen LogP) is 4.35. The maximum atomic E-state index is 12.1. The zero-order valence-electron chi connectivity index (χ0n) is 13.2. The van der Waals surface area contributed by atoms with Gasteiger partial charge in [0.05, 0.1) is 6.61 Å². The minimum absolute atomic E-state index is 0.153. The van der Waals surface area contributed by atoms with Gasteiger partial charge in [-0.15, -0.1) is 0 Å². The molecule has 0 aromatic heterocycles. The molecule has 0 heterocycles. The molecule has 0 spiro atoms. The summed E-state index contributed by atoms with van der Waals surface area (Å²) in [5.74, 6) is 0.626. The van der Waals surface area contributed by atoms with Gasteiger partial charge in [0.1, 0.15) is 5.75 Å². The second-order valence-corrected chi connectivity index (χ2v) is 5.04. The van der Waals surface area contributed by atoms with Gasteiger partial charge in [0.2, 0.25) is 5.91 Å². The van der Waals surface area contributed by atoms with Gasteiger partial charge in [0.25, 0.3) is 0 Å². The number of aryl methyl sites for hydroxylation is 1. The number of amides is 1. The molecular formula is C19H21NO2. The molecule has 2 aromatic carbocycles. The van der Waals surface area contributed by atoms with Crippen LogP contribution in [0.15, 0.2) is 48.5 Å². The normalized spacial score (nSPS) is 10.7. The van der Waals surface area contributed by atoms with Crippen LogP contribution in [0.3, 0.4) is 0 Å². The molecule has 0 atom stereocenters. The van der Waals surface area contributed by atoms with Crippen molar-refractivity contribution in [3.8, 4) is 5.75 Å². The standard InChI is InChI=1S/C19H21NO2/c1-4-22-18-11-6-5-9-16(18)12-13-19(21)20-17-10-7-8-14(2)15(17)3/h5-13H,4H2,1-3H3,(H,20,21)/b13-12+. The Labute approximate surface area is 131 Å². The highest BCUT2D eigenvalue weighted by molar-refractivity contribution is 6.02. The highest BCUT2D eigenvalue weighted by Gasteiger charge is 2.04. The van der Waals surface area contributed by atoms with E-state index in [-0.39, 0.29) is 5.91 Å². The molecule has 1 N–H and O–H groups in total. The largest absolute Gasteiger partial charge is 0.493 e. The zero-order valence-corrected chi connectivity index (χ0v) is 13.2. The molecule has 0 fully saturated rings. The average molecular weight is 295 g/mol. The predicted molar refractivity (Wildman–Crippen MR) is 91.2 cm³/mol. The summed E-state index contributed by atoms with van der Waals surface area (Å²) in [6.07, 6.45) is 3.30. The Balaban J connectivity index is 2.10. The number of nitrogens with one attached hydrogen (secondary N) is 1. The Morgan fingerprint density at radius 2 is 1.91 bits per heavy atom. The molecule has 0 aliphatic heterocycles. The first-order valence-electron chi connectivity index (χ1n) is 7.39. The summed E-state index contributed by atoms with van der Waals surface area (Å²) in [7, 11) is 0. The number of carbonyl (C=O) groups excluding carboxylic acids is 1. The summed E-state index contributed by atoms with van der Waals surface area (Å²) < 4.78 is 5.54. The number of hydrogen-bond acceptors (Lipinski definition) is 2. The van der Waals surface area contributed by atoms with Crippen molar-refractivity contribution in [3.63, 3.8) is 0 Å². The van der Waals surface area contributed by atoms with E-state index in [9.17, 15) is 4.79 Å². The summed E-state index contributed by atoms with van der Waals surface area (Å²) in [5.41, 5.74) is 3.97. The van der Waals surface area contributed by atoms with Crippen molar-refractivity contribution in [1.29, 1.82) is 0 Å². The fraction of sp³-hybridized carbons (Fsp3) is 0.211. The van der Waals surface area contributed by atoms with E-state index in [1.807, 2.05) is 63.2 Å². The molecular weight excluding hydrogens is 274 g/mol. The molecule has 2 rings (SSSR count). The molecule has 0 unspecified atom stereocenters. The van der Waals surface area contributed by atoms with Crippen LogP contribution in [0.1, 0.15) is 23.6 Å². The van der Waals surface area contributed by atoms with Crippen molar-refractivity contribution in [2.24, 2.45) is 0 Å². The quantitative estimate of drug-likeness (QED) is 0.833. The molecule has 2 aromatic rings. The Morgan fingerprint density at radius 3 is 2.68 bits per heavy atom. The molecule has 22 heavy (non-hydrogen) atoms. The van der Waals surface area contributed by atoms with E-state index in [1.54, 1.807) is 6.08 Å². The zero-order chi connectivity index (χ0) is 15.9. The average Bonchev–Trinajstić information content (AvgIpc) is 2.51. The second kappa shape index (κ2) is 7.46. The Morgan fingerprint density at radius 1 is 1.14 bits per heavy atom. The maximum absolute atomic E-state index is 12.1. The van der Waals surface area contributed by atoms with Gasteiger partial charge in [0.15, 0.2) is 0 Å². The fourth-order valence-electron chi connectivity index (χ4n) is 2.13. The van der Waals surface area contributed by atoms with E-state index in [1.165, 1.54) is 6.08 Å². The third-order valence-electron chi connectivity index (χ3n) is 3.50. The first-order valence-corrected chi connectivity index (χ1v) is 7.39. The minimum Gasteiger partial charge on any atom is -0.493 e. The molecule has 1 amide bonds. The number of rotatable bonds is 5. The van der Waals surface area contributed by atoms with Crippen LogP contribution in [0.5, 0.6) is 5.75 Å². The van der Waals surface area contributed by atoms with Crippen molar-refractivity contribution >= 4 is 17.7 Å². The SMILES string of the molecule is CCOc1ccccc1/C=C/C(=O)Nc1cccc(C)c1C. The van der Waals surface area contributed by atoms with Crippen LogP contribution in [-0.2, 0) is 4.79 Å². The first kappa shape index (κ1) is 15.8. The summed E-state index contributed by atoms with van der Waals surface area (Å²) in [5, 5.41) is 2.91. The van der Waals surface area contributed by atoms with Crippen LogP contribution in [-0.4, -0.2) is 12.5 Å². The first-order chi connectivity index (χ1) is 10.6. The van der Waals surface area contributed by atoms with Crippen LogP contribution in [0.4, 0.5) is 5.69 Å².